The smallest absolute Gasteiger partial charge is 0.290 e. The number of methoxy groups -OCH3 is 1. The quantitative estimate of drug-likeness (QED) is 0.818. The molecule has 2 N–H and O–H groups in total. The molecule has 0 spiro atoms. The zero-order valence-electron chi connectivity index (χ0n) is 9.93. The second kappa shape index (κ2) is 5.57. The van der Waals surface area contributed by atoms with E-state index in [1.807, 2.05) is 0 Å². The van der Waals surface area contributed by atoms with Gasteiger partial charge in [-0.05, 0) is 23.9 Å². The van der Waals surface area contributed by atoms with Gasteiger partial charge in [0.2, 0.25) is 5.91 Å². The van der Waals surface area contributed by atoms with Gasteiger partial charge in [-0.25, -0.2) is 0 Å². The molecule has 1 aromatic rings. The van der Waals surface area contributed by atoms with Crippen molar-refractivity contribution >= 4 is 34.5 Å². The number of thioether (sulfide) groups is 1. The predicted molar refractivity (Wildman–Crippen MR) is 70.8 cm³/mol. The molecule has 0 atom stereocenters. The summed E-state index contributed by atoms with van der Waals surface area (Å²) in [5.41, 5.74) is 0.488. The van der Waals surface area contributed by atoms with Crippen molar-refractivity contribution in [2.24, 2.45) is 0 Å². The Morgan fingerprint density at radius 2 is 2.11 bits per heavy atom. The Morgan fingerprint density at radius 3 is 2.74 bits per heavy atom. The first-order valence-corrected chi connectivity index (χ1v) is 6.10. The van der Waals surface area contributed by atoms with Gasteiger partial charge in [0.05, 0.1) is 17.7 Å². The van der Waals surface area contributed by atoms with Gasteiger partial charge < -0.3 is 10.1 Å². The van der Waals surface area contributed by atoms with Crippen LogP contribution in [0.1, 0.15) is 0 Å². The molecule has 2 rings (SSSR count). The highest BCUT2D eigenvalue weighted by atomic mass is 32.2. The first-order valence-electron chi connectivity index (χ1n) is 5.29. The predicted octanol–water partition coefficient (Wildman–Crippen LogP) is 1.50. The molecule has 0 aliphatic carbocycles. The first-order chi connectivity index (χ1) is 9.10. The Labute approximate surface area is 113 Å². The minimum Gasteiger partial charge on any atom is -0.495 e. The Hall–Kier alpha value is -2.28. The van der Waals surface area contributed by atoms with Crippen LogP contribution in [-0.4, -0.2) is 24.2 Å². The van der Waals surface area contributed by atoms with Gasteiger partial charge in [0, 0.05) is 6.08 Å². The van der Waals surface area contributed by atoms with E-state index in [0.29, 0.717) is 23.2 Å². The molecular formula is C12H10N2O4S. The van der Waals surface area contributed by atoms with Crippen molar-refractivity contribution in [3.8, 4) is 5.75 Å². The summed E-state index contributed by atoms with van der Waals surface area (Å²) in [4.78, 5) is 34.0. The van der Waals surface area contributed by atoms with Crippen LogP contribution in [0.15, 0.2) is 35.2 Å². The summed E-state index contributed by atoms with van der Waals surface area (Å²) in [6, 6.07) is 6.88. The zero-order valence-corrected chi connectivity index (χ0v) is 10.7. The molecule has 0 saturated carbocycles. The van der Waals surface area contributed by atoms with Crippen molar-refractivity contribution in [1.82, 2.24) is 5.32 Å². The van der Waals surface area contributed by atoms with E-state index < -0.39 is 17.1 Å². The van der Waals surface area contributed by atoms with E-state index in [1.165, 1.54) is 7.11 Å². The van der Waals surface area contributed by atoms with Crippen molar-refractivity contribution < 1.29 is 19.1 Å². The third-order valence-corrected chi connectivity index (χ3v) is 3.08. The molecule has 1 aliphatic heterocycles. The molecule has 1 saturated heterocycles. The van der Waals surface area contributed by atoms with Gasteiger partial charge in [0.25, 0.3) is 11.1 Å². The van der Waals surface area contributed by atoms with Crippen LogP contribution in [0, 0.1) is 0 Å². The van der Waals surface area contributed by atoms with Crippen LogP contribution in [0.5, 0.6) is 5.75 Å². The Kier molecular flexibility index (Phi) is 3.86. The largest absolute Gasteiger partial charge is 0.495 e. The maximum atomic E-state index is 11.7. The Balaban J connectivity index is 2.12. The number of imide groups is 1. The van der Waals surface area contributed by atoms with Crippen molar-refractivity contribution in [1.29, 1.82) is 0 Å². The second-order valence-electron chi connectivity index (χ2n) is 3.54. The van der Waals surface area contributed by atoms with E-state index in [4.69, 9.17) is 4.74 Å². The summed E-state index contributed by atoms with van der Waals surface area (Å²) in [7, 11) is 1.49. The van der Waals surface area contributed by atoms with Crippen molar-refractivity contribution in [3.63, 3.8) is 0 Å². The lowest BCUT2D eigenvalue weighted by molar-refractivity contribution is -0.116. The van der Waals surface area contributed by atoms with E-state index in [2.05, 4.69) is 10.6 Å². The van der Waals surface area contributed by atoms with Crippen LogP contribution in [0.4, 0.5) is 10.5 Å². The van der Waals surface area contributed by atoms with E-state index in [9.17, 15) is 14.4 Å². The third kappa shape index (κ3) is 3.14. The van der Waals surface area contributed by atoms with Gasteiger partial charge in [-0.2, -0.15) is 0 Å². The summed E-state index contributed by atoms with van der Waals surface area (Å²) < 4.78 is 5.08. The maximum absolute atomic E-state index is 11.7. The molecule has 1 heterocycles. The molecule has 6 nitrogen and oxygen atoms in total. The number of hydrogen-bond donors (Lipinski definition) is 2. The molecular weight excluding hydrogens is 268 g/mol. The number of ether oxygens (including phenoxy) is 1. The molecule has 3 amide bonds. The van der Waals surface area contributed by atoms with Gasteiger partial charge in [-0.1, -0.05) is 12.1 Å². The second-order valence-corrected chi connectivity index (χ2v) is 4.56. The van der Waals surface area contributed by atoms with Gasteiger partial charge in [0.1, 0.15) is 5.75 Å². The number of hydrogen-bond acceptors (Lipinski definition) is 5. The highest BCUT2D eigenvalue weighted by Gasteiger charge is 2.25. The average Bonchev–Trinajstić information content (AvgIpc) is 2.68. The van der Waals surface area contributed by atoms with Gasteiger partial charge in [0.15, 0.2) is 0 Å². The minimum atomic E-state index is -0.565. The van der Waals surface area contributed by atoms with Crippen molar-refractivity contribution in [3.05, 3.63) is 35.2 Å². The molecule has 1 aliphatic rings. The summed E-state index contributed by atoms with van der Waals surface area (Å²) in [6.07, 6.45) is 1.08. The van der Waals surface area contributed by atoms with Crippen LogP contribution in [0.25, 0.3) is 0 Å². The topological polar surface area (TPSA) is 84.5 Å². The number of carbonyl (C=O) groups excluding carboxylic acids is 3. The lowest BCUT2D eigenvalue weighted by Gasteiger charge is -2.07. The number of amides is 3. The minimum absolute atomic E-state index is 0.0670. The molecule has 1 fully saturated rings. The van der Waals surface area contributed by atoms with Crippen LogP contribution in [0.3, 0.4) is 0 Å². The zero-order chi connectivity index (χ0) is 13.8. The highest BCUT2D eigenvalue weighted by Crippen LogP contribution is 2.25. The standard InChI is InChI=1S/C12H10N2O4S/c1-18-8-5-3-2-4-7(8)13-10(15)6-9-11(16)14-12(17)19-9/h2-6H,1H3,(H,13,15)(H,14,16,17)/b9-6-. The van der Waals surface area contributed by atoms with Crippen LogP contribution >= 0.6 is 11.8 Å². The SMILES string of the molecule is COc1ccccc1NC(=O)/C=C1\SC(=O)NC1=O. The molecule has 0 bridgehead atoms. The molecule has 0 aromatic heterocycles. The first kappa shape index (κ1) is 13.2. The molecule has 7 heteroatoms. The summed E-state index contributed by atoms with van der Waals surface area (Å²) in [5.74, 6) is -0.559. The summed E-state index contributed by atoms with van der Waals surface area (Å²) in [6.45, 7) is 0. The molecule has 0 radical (unpaired) electrons. The average molecular weight is 278 g/mol. The van der Waals surface area contributed by atoms with E-state index in [1.54, 1.807) is 24.3 Å². The lowest BCUT2D eigenvalue weighted by atomic mass is 10.3. The number of carbonyl (C=O) groups is 3. The monoisotopic (exact) mass is 278 g/mol. The number of benzene rings is 1. The fourth-order valence-corrected chi connectivity index (χ4v) is 2.11. The summed E-state index contributed by atoms with van der Waals surface area (Å²) >= 11 is 0.692. The number of para-hydroxylation sites is 2. The molecule has 1 aromatic carbocycles. The van der Waals surface area contributed by atoms with Gasteiger partial charge in [-0.3, -0.25) is 19.7 Å². The van der Waals surface area contributed by atoms with Crippen LogP contribution in [0.2, 0.25) is 0 Å². The molecule has 0 unspecified atom stereocenters. The number of rotatable bonds is 3. The Morgan fingerprint density at radius 1 is 1.37 bits per heavy atom. The Bertz CT molecular complexity index is 583. The number of nitrogens with one attached hydrogen (secondary N) is 2. The van der Waals surface area contributed by atoms with Gasteiger partial charge >= 0.3 is 0 Å². The van der Waals surface area contributed by atoms with Crippen molar-refractivity contribution in [2.75, 3.05) is 12.4 Å². The van der Waals surface area contributed by atoms with Gasteiger partial charge in [-0.15, -0.1) is 0 Å². The van der Waals surface area contributed by atoms with Crippen LogP contribution < -0.4 is 15.4 Å². The fraction of sp³-hybridized carbons (Fsp3) is 0.0833. The molecule has 98 valence electrons. The summed E-state index contributed by atoms with van der Waals surface area (Å²) in [5, 5.41) is 4.16. The van der Waals surface area contributed by atoms with Crippen molar-refractivity contribution in [2.45, 2.75) is 0 Å². The highest BCUT2D eigenvalue weighted by molar-refractivity contribution is 8.18. The van der Waals surface area contributed by atoms with E-state index >= 15 is 0 Å². The van der Waals surface area contributed by atoms with E-state index in [-0.39, 0.29) is 4.91 Å². The van der Waals surface area contributed by atoms with Crippen LogP contribution in [-0.2, 0) is 9.59 Å². The number of anilines is 1. The normalized spacial score (nSPS) is 16.4. The third-order valence-electron chi connectivity index (χ3n) is 2.27. The van der Waals surface area contributed by atoms with E-state index in [0.717, 1.165) is 6.08 Å². The lowest BCUT2D eigenvalue weighted by Crippen LogP contribution is -2.19. The maximum Gasteiger partial charge on any atom is 0.290 e. The fourth-order valence-electron chi connectivity index (χ4n) is 1.46. The molecule has 19 heavy (non-hydrogen) atoms.